The van der Waals surface area contributed by atoms with E-state index in [-0.39, 0.29) is 0 Å². The molecule has 2 aromatic rings. The lowest BCUT2D eigenvalue weighted by Gasteiger charge is -2.03. The van der Waals surface area contributed by atoms with Crippen LogP contribution in [0.15, 0.2) is 18.3 Å². The van der Waals surface area contributed by atoms with Gasteiger partial charge in [-0.1, -0.05) is 11.6 Å². The number of nitrogens with one attached hydrogen (secondary N) is 1. The summed E-state index contributed by atoms with van der Waals surface area (Å²) in [6.07, 6.45) is 1.67. The summed E-state index contributed by atoms with van der Waals surface area (Å²) in [5.41, 5.74) is 0. The number of hydrogen-bond acceptors (Lipinski definition) is 3. The average molecular weight is 256 g/mol. The summed E-state index contributed by atoms with van der Waals surface area (Å²) < 4.78 is 1.88. The molecule has 0 radical (unpaired) electrons. The molecule has 1 N–H and O–H groups in total. The second-order valence-corrected chi connectivity index (χ2v) is 5.43. The predicted molar refractivity (Wildman–Crippen MR) is 67.8 cm³/mol. The van der Waals surface area contributed by atoms with Gasteiger partial charge in [0.25, 0.3) is 0 Å². The fraction of sp³-hybridized carbons (Fsp3) is 0.364. The highest BCUT2D eigenvalue weighted by Gasteiger charge is 2.03. The molecule has 2 heterocycles. The molecule has 0 saturated heterocycles. The van der Waals surface area contributed by atoms with Crippen molar-refractivity contribution < 1.29 is 0 Å². The third-order valence-electron chi connectivity index (χ3n) is 2.41. The average Bonchev–Trinajstić information content (AvgIpc) is 2.79. The summed E-state index contributed by atoms with van der Waals surface area (Å²) in [5.74, 6) is 0.957. The quantitative estimate of drug-likeness (QED) is 0.911. The molecule has 0 fully saturated rings. The molecule has 5 heteroatoms. The number of rotatable bonds is 4. The molecule has 0 aliphatic rings. The van der Waals surface area contributed by atoms with E-state index < -0.39 is 0 Å². The molecule has 0 aromatic carbocycles. The van der Waals surface area contributed by atoms with Crippen LogP contribution < -0.4 is 5.32 Å². The number of nitrogens with zero attached hydrogens (tertiary/aromatic N) is 2. The number of imidazole rings is 1. The molecule has 0 aliphatic carbocycles. The second-order valence-electron chi connectivity index (χ2n) is 3.67. The van der Waals surface area contributed by atoms with Crippen molar-refractivity contribution in [3.63, 3.8) is 0 Å². The smallest absolute Gasteiger partial charge is 0.128 e. The first kappa shape index (κ1) is 11.6. The third-order valence-corrected chi connectivity index (χ3v) is 3.76. The minimum Gasteiger partial charge on any atom is -0.321 e. The van der Waals surface area contributed by atoms with Crippen molar-refractivity contribution in [2.75, 3.05) is 0 Å². The van der Waals surface area contributed by atoms with Gasteiger partial charge < -0.3 is 9.88 Å². The van der Waals surface area contributed by atoms with Gasteiger partial charge in [-0.15, -0.1) is 11.3 Å². The van der Waals surface area contributed by atoms with Crippen LogP contribution in [-0.4, -0.2) is 9.55 Å². The second kappa shape index (κ2) is 4.99. The minimum absolute atomic E-state index is 0.670. The van der Waals surface area contributed by atoms with Crippen LogP contribution in [0.2, 0.25) is 5.15 Å². The zero-order valence-corrected chi connectivity index (χ0v) is 10.9. The van der Waals surface area contributed by atoms with Crippen molar-refractivity contribution in [2.24, 2.45) is 7.05 Å². The monoisotopic (exact) mass is 255 g/mol. The summed E-state index contributed by atoms with van der Waals surface area (Å²) >= 11 is 7.72. The molecule has 0 bridgehead atoms. The molecule has 2 aromatic heterocycles. The van der Waals surface area contributed by atoms with Crippen LogP contribution in [0.4, 0.5) is 0 Å². The Bertz CT molecular complexity index is 475. The fourth-order valence-corrected chi connectivity index (χ4v) is 2.47. The van der Waals surface area contributed by atoms with Gasteiger partial charge in [-0.05, 0) is 19.1 Å². The lowest BCUT2D eigenvalue weighted by molar-refractivity contribution is 0.644. The van der Waals surface area contributed by atoms with E-state index in [9.17, 15) is 0 Å². The molecule has 3 nitrogen and oxygen atoms in total. The zero-order valence-electron chi connectivity index (χ0n) is 9.33. The SMILES string of the molecule is Cc1ccc(CNCc2ncc(Cl)n2C)s1. The minimum atomic E-state index is 0.670. The number of aryl methyl sites for hydroxylation is 1. The first-order valence-electron chi connectivity index (χ1n) is 5.09. The van der Waals surface area contributed by atoms with E-state index in [0.29, 0.717) is 5.15 Å². The summed E-state index contributed by atoms with van der Waals surface area (Å²) in [4.78, 5) is 6.91. The molecule has 0 aliphatic heterocycles. The van der Waals surface area contributed by atoms with E-state index in [1.165, 1.54) is 9.75 Å². The van der Waals surface area contributed by atoms with Crippen LogP contribution in [0.3, 0.4) is 0 Å². The molecule has 0 amide bonds. The normalized spacial score (nSPS) is 10.9. The Kier molecular flexibility index (Phi) is 3.63. The Morgan fingerprint density at radius 1 is 1.44 bits per heavy atom. The van der Waals surface area contributed by atoms with Crippen molar-refractivity contribution >= 4 is 22.9 Å². The lowest BCUT2D eigenvalue weighted by atomic mass is 10.4. The Labute approximate surface area is 104 Å². The molecular formula is C11H14ClN3S. The fourth-order valence-electron chi connectivity index (χ4n) is 1.47. The van der Waals surface area contributed by atoms with E-state index in [4.69, 9.17) is 11.6 Å². The van der Waals surface area contributed by atoms with Crippen LogP contribution in [0.5, 0.6) is 0 Å². The van der Waals surface area contributed by atoms with Gasteiger partial charge in [0.2, 0.25) is 0 Å². The predicted octanol–water partition coefficient (Wildman–Crippen LogP) is 2.73. The van der Waals surface area contributed by atoms with E-state index in [1.54, 1.807) is 6.20 Å². The Balaban J connectivity index is 1.86. The highest BCUT2D eigenvalue weighted by Crippen LogP contribution is 2.15. The van der Waals surface area contributed by atoms with Gasteiger partial charge in [-0.3, -0.25) is 0 Å². The highest BCUT2D eigenvalue weighted by molar-refractivity contribution is 7.11. The number of aromatic nitrogens is 2. The molecule has 2 rings (SSSR count). The van der Waals surface area contributed by atoms with E-state index in [0.717, 1.165) is 18.9 Å². The zero-order chi connectivity index (χ0) is 11.5. The van der Waals surface area contributed by atoms with E-state index in [1.807, 2.05) is 23.0 Å². The maximum absolute atomic E-state index is 5.90. The largest absolute Gasteiger partial charge is 0.321 e. The molecule has 0 saturated carbocycles. The van der Waals surface area contributed by atoms with Crippen molar-refractivity contribution in [2.45, 2.75) is 20.0 Å². The molecule has 0 atom stereocenters. The van der Waals surface area contributed by atoms with E-state index in [2.05, 4.69) is 29.4 Å². The summed E-state index contributed by atoms with van der Waals surface area (Å²) in [5, 5.41) is 4.02. The molecule has 0 spiro atoms. The molecule has 86 valence electrons. The highest BCUT2D eigenvalue weighted by atomic mass is 35.5. The Morgan fingerprint density at radius 2 is 2.25 bits per heavy atom. The van der Waals surface area contributed by atoms with Crippen LogP contribution in [-0.2, 0) is 20.1 Å². The number of hydrogen-bond donors (Lipinski definition) is 1. The van der Waals surface area contributed by atoms with Crippen LogP contribution in [0, 0.1) is 6.92 Å². The van der Waals surface area contributed by atoms with E-state index >= 15 is 0 Å². The van der Waals surface area contributed by atoms with Crippen LogP contribution >= 0.6 is 22.9 Å². The van der Waals surface area contributed by atoms with Gasteiger partial charge in [-0.25, -0.2) is 4.98 Å². The molecule has 0 unspecified atom stereocenters. The molecule has 16 heavy (non-hydrogen) atoms. The maximum Gasteiger partial charge on any atom is 0.128 e. The van der Waals surface area contributed by atoms with Crippen LogP contribution in [0.1, 0.15) is 15.6 Å². The maximum atomic E-state index is 5.90. The number of thiophene rings is 1. The third kappa shape index (κ3) is 2.64. The number of halogens is 1. The topological polar surface area (TPSA) is 29.9 Å². The Morgan fingerprint density at radius 3 is 2.81 bits per heavy atom. The van der Waals surface area contributed by atoms with Gasteiger partial charge in [0.05, 0.1) is 12.7 Å². The van der Waals surface area contributed by atoms with Gasteiger partial charge in [-0.2, -0.15) is 0 Å². The van der Waals surface area contributed by atoms with Gasteiger partial charge in [0, 0.05) is 23.3 Å². The first-order chi connectivity index (χ1) is 7.66. The standard InChI is InChI=1S/C11H14ClN3S/c1-8-3-4-9(16-8)5-13-7-11-14-6-10(12)15(11)2/h3-4,6,13H,5,7H2,1-2H3. The van der Waals surface area contributed by atoms with Crippen molar-refractivity contribution in [3.05, 3.63) is 39.1 Å². The summed E-state index contributed by atoms with van der Waals surface area (Å²) in [6.45, 7) is 3.73. The molecular weight excluding hydrogens is 242 g/mol. The van der Waals surface area contributed by atoms with Gasteiger partial charge in [0.15, 0.2) is 0 Å². The summed E-state index contributed by atoms with van der Waals surface area (Å²) in [7, 11) is 1.92. The lowest BCUT2D eigenvalue weighted by Crippen LogP contribution is -2.15. The van der Waals surface area contributed by atoms with Crippen LogP contribution in [0.25, 0.3) is 0 Å². The van der Waals surface area contributed by atoms with Crippen molar-refractivity contribution in [1.82, 2.24) is 14.9 Å². The van der Waals surface area contributed by atoms with Crippen molar-refractivity contribution in [3.8, 4) is 0 Å². The van der Waals surface area contributed by atoms with Gasteiger partial charge in [0.1, 0.15) is 11.0 Å². The van der Waals surface area contributed by atoms with Crippen molar-refractivity contribution in [1.29, 1.82) is 0 Å². The first-order valence-corrected chi connectivity index (χ1v) is 6.28. The summed E-state index contributed by atoms with van der Waals surface area (Å²) in [6, 6.07) is 4.29. The Hall–Kier alpha value is -0.840. The van der Waals surface area contributed by atoms with Gasteiger partial charge >= 0.3 is 0 Å².